The van der Waals surface area contributed by atoms with E-state index < -0.39 is 34.4 Å². The summed E-state index contributed by atoms with van der Waals surface area (Å²) in [4.78, 5) is 27.9. The number of rotatable bonds is 7. The topological polar surface area (TPSA) is 114 Å². The van der Waals surface area contributed by atoms with Crippen LogP contribution in [0.25, 0.3) is 0 Å². The second-order valence-corrected chi connectivity index (χ2v) is 9.21. The van der Waals surface area contributed by atoms with Crippen LogP contribution in [-0.2, 0) is 25.9 Å². The van der Waals surface area contributed by atoms with Gasteiger partial charge in [-0.1, -0.05) is 30.3 Å². The number of thiazole rings is 1. The van der Waals surface area contributed by atoms with Gasteiger partial charge in [0.15, 0.2) is 27.3 Å². The Morgan fingerprint density at radius 1 is 1.26 bits per heavy atom. The first kappa shape index (κ1) is 19.3. The molecule has 1 amide bonds. The van der Waals surface area contributed by atoms with Gasteiger partial charge in [-0.25, -0.2) is 18.2 Å². The van der Waals surface area contributed by atoms with Gasteiger partial charge in [0.2, 0.25) is 0 Å². The van der Waals surface area contributed by atoms with Gasteiger partial charge in [-0.2, -0.15) is 0 Å². The molecule has 0 saturated carbocycles. The van der Waals surface area contributed by atoms with Gasteiger partial charge in [0.05, 0.1) is 11.5 Å². The van der Waals surface area contributed by atoms with Crippen molar-refractivity contribution in [2.45, 2.75) is 19.0 Å². The maximum atomic E-state index is 12.0. The lowest BCUT2D eigenvalue weighted by Crippen LogP contribution is -2.38. The van der Waals surface area contributed by atoms with Gasteiger partial charge < -0.3 is 15.4 Å². The van der Waals surface area contributed by atoms with E-state index in [2.05, 4.69) is 15.6 Å². The first-order chi connectivity index (χ1) is 12.9. The summed E-state index contributed by atoms with van der Waals surface area (Å²) < 4.78 is 27.7. The van der Waals surface area contributed by atoms with Gasteiger partial charge >= 0.3 is 5.97 Å². The smallest absolute Gasteiger partial charge is 0.358 e. The van der Waals surface area contributed by atoms with Crippen LogP contribution in [0.2, 0.25) is 0 Å². The number of nitrogens with one attached hydrogen (secondary N) is 2. The van der Waals surface area contributed by atoms with Crippen LogP contribution in [-0.4, -0.2) is 49.4 Å². The normalized spacial score (nSPS) is 18.0. The Morgan fingerprint density at radius 2 is 2.04 bits per heavy atom. The minimum absolute atomic E-state index is 0.0648. The minimum atomic E-state index is -3.08. The van der Waals surface area contributed by atoms with Gasteiger partial charge in [-0.3, -0.25) is 4.79 Å². The molecule has 8 nitrogen and oxygen atoms in total. The fourth-order valence-electron chi connectivity index (χ4n) is 2.61. The zero-order valence-corrected chi connectivity index (χ0v) is 16.0. The van der Waals surface area contributed by atoms with E-state index in [0.717, 1.165) is 5.56 Å². The van der Waals surface area contributed by atoms with Gasteiger partial charge in [0, 0.05) is 18.0 Å². The molecule has 2 N–H and O–H groups in total. The number of hydrogen-bond acceptors (Lipinski definition) is 8. The van der Waals surface area contributed by atoms with Crippen molar-refractivity contribution in [1.82, 2.24) is 10.3 Å². The highest BCUT2D eigenvalue weighted by Crippen LogP contribution is 2.17. The Kier molecular flexibility index (Phi) is 6.07. The zero-order chi connectivity index (χ0) is 19.3. The summed E-state index contributed by atoms with van der Waals surface area (Å²) in [7, 11) is -3.08. The van der Waals surface area contributed by atoms with Crippen molar-refractivity contribution in [2.75, 3.05) is 23.4 Å². The van der Waals surface area contributed by atoms with E-state index in [4.69, 9.17) is 4.74 Å². The summed E-state index contributed by atoms with van der Waals surface area (Å²) in [5.41, 5.74) is 1.20. The summed E-state index contributed by atoms with van der Waals surface area (Å²) >= 11 is 1.27. The number of ether oxygens (including phenoxy) is 1. The van der Waals surface area contributed by atoms with Crippen LogP contribution < -0.4 is 10.6 Å². The molecular weight excluding hydrogens is 390 g/mol. The molecule has 3 rings (SSSR count). The van der Waals surface area contributed by atoms with Crippen LogP contribution in [0.15, 0.2) is 35.7 Å². The van der Waals surface area contributed by atoms with Crippen LogP contribution in [0.1, 0.15) is 22.5 Å². The first-order valence-corrected chi connectivity index (χ1v) is 11.0. The number of carbonyl (C=O) groups excluding carboxylic acids is 2. The van der Waals surface area contributed by atoms with E-state index in [-0.39, 0.29) is 17.2 Å². The molecule has 1 aliphatic rings. The van der Waals surface area contributed by atoms with E-state index in [9.17, 15) is 18.0 Å². The average Bonchev–Trinajstić information content (AvgIpc) is 3.25. The van der Waals surface area contributed by atoms with Gasteiger partial charge in [-0.15, -0.1) is 11.3 Å². The van der Waals surface area contributed by atoms with Crippen molar-refractivity contribution in [2.24, 2.45) is 0 Å². The molecule has 0 aliphatic carbocycles. The molecule has 1 aliphatic heterocycles. The highest BCUT2D eigenvalue weighted by molar-refractivity contribution is 7.91. The molecule has 10 heteroatoms. The zero-order valence-electron chi connectivity index (χ0n) is 14.4. The molecule has 1 aromatic heterocycles. The molecule has 1 unspecified atom stereocenters. The van der Waals surface area contributed by atoms with Gasteiger partial charge in [0.25, 0.3) is 5.91 Å². The van der Waals surface area contributed by atoms with E-state index in [1.54, 1.807) is 5.38 Å². The summed E-state index contributed by atoms with van der Waals surface area (Å²) in [6, 6.07) is 9.34. The Labute approximate surface area is 160 Å². The van der Waals surface area contributed by atoms with Crippen molar-refractivity contribution < 1.29 is 22.7 Å². The number of amides is 1. The molecule has 1 aromatic carbocycles. The SMILES string of the molecule is O=C(COC(=O)c1csc(NCc2ccccc2)n1)NC1CCS(=O)(=O)C1. The predicted octanol–water partition coefficient (Wildman–Crippen LogP) is 1.22. The van der Waals surface area contributed by atoms with Gasteiger partial charge in [0.1, 0.15) is 0 Å². The lowest BCUT2D eigenvalue weighted by Gasteiger charge is -2.10. The second-order valence-electron chi connectivity index (χ2n) is 6.12. The number of carbonyl (C=O) groups is 2. The predicted molar refractivity (Wildman–Crippen MR) is 101 cm³/mol. The molecule has 0 bridgehead atoms. The van der Waals surface area contributed by atoms with Crippen molar-refractivity contribution in [3.8, 4) is 0 Å². The van der Waals surface area contributed by atoms with Gasteiger partial charge in [-0.05, 0) is 12.0 Å². The first-order valence-electron chi connectivity index (χ1n) is 8.31. The average molecular weight is 409 g/mol. The third-order valence-electron chi connectivity index (χ3n) is 3.93. The number of aromatic nitrogens is 1. The minimum Gasteiger partial charge on any atom is -0.451 e. The maximum Gasteiger partial charge on any atom is 0.358 e. The van der Waals surface area contributed by atoms with E-state index in [0.29, 0.717) is 18.1 Å². The molecule has 2 heterocycles. The standard InChI is InChI=1S/C17H19N3O5S2/c21-15(19-13-6-7-27(23,24)11-13)9-25-16(22)14-10-26-17(20-14)18-8-12-4-2-1-3-5-12/h1-5,10,13H,6-9,11H2,(H,18,20)(H,19,21). The molecule has 27 heavy (non-hydrogen) atoms. The van der Waals surface area contributed by atoms with E-state index in [1.807, 2.05) is 30.3 Å². The maximum absolute atomic E-state index is 12.0. The third kappa shape index (κ3) is 5.76. The summed E-state index contributed by atoms with van der Waals surface area (Å²) in [6.07, 6.45) is 0.380. The highest BCUT2D eigenvalue weighted by Gasteiger charge is 2.29. The number of benzene rings is 1. The Hall–Kier alpha value is -2.46. The summed E-state index contributed by atoms with van der Waals surface area (Å²) in [5.74, 6) is -1.24. The largest absolute Gasteiger partial charge is 0.451 e. The molecule has 0 spiro atoms. The monoisotopic (exact) mass is 409 g/mol. The van der Waals surface area contributed by atoms with E-state index in [1.165, 1.54) is 11.3 Å². The second kappa shape index (κ2) is 8.49. The van der Waals surface area contributed by atoms with Crippen molar-refractivity contribution in [3.05, 3.63) is 47.0 Å². The quantitative estimate of drug-likeness (QED) is 0.661. The summed E-state index contributed by atoms with van der Waals surface area (Å²) in [6.45, 7) is 0.106. The lowest BCUT2D eigenvalue weighted by molar-refractivity contribution is -0.124. The molecule has 144 valence electrons. The van der Waals surface area contributed by atoms with E-state index >= 15 is 0 Å². The van der Waals surface area contributed by atoms with Crippen molar-refractivity contribution in [1.29, 1.82) is 0 Å². The van der Waals surface area contributed by atoms with Crippen molar-refractivity contribution in [3.63, 3.8) is 0 Å². The van der Waals surface area contributed by atoms with Crippen LogP contribution in [0, 0.1) is 0 Å². The highest BCUT2D eigenvalue weighted by atomic mass is 32.2. The third-order valence-corrected chi connectivity index (χ3v) is 6.50. The van der Waals surface area contributed by atoms with Crippen molar-refractivity contribution >= 4 is 38.2 Å². The van der Waals surface area contributed by atoms with Crippen LogP contribution in [0.4, 0.5) is 5.13 Å². The molecule has 1 saturated heterocycles. The fourth-order valence-corrected chi connectivity index (χ4v) is 4.96. The molecule has 1 atom stereocenters. The molecular formula is C17H19N3O5S2. The number of anilines is 1. The Balaban J connectivity index is 1.43. The number of hydrogen-bond donors (Lipinski definition) is 2. The molecule has 2 aromatic rings. The number of nitrogens with zero attached hydrogens (tertiary/aromatic N) is 1. The Morgan fingerprint density at radius 3 is 2.74 bits per heavy atom. The lowest BCUT2D eigenvalue weighted by atomic mass is 10.2. The van der Waals surface area contributed by atoms with Crippen LogP contribution >= 0.6 is 11.3 Å². The van der Waals surface area contributed by atoms with Crippen LogP contribution in [0.5, 0.6) is 0 Å². The summed E-state index contributed by atoms with van der Waals surface area (Å²) in [5, 5.41) is 7.81. The Bertz CT molecular complexity index is 912. The van der Waals surface area contributed by atoms with Crippen LogP contribution in [0.3, 0.4) is 0 Å². The number of sulfone groups is 1. The number of esters is 1. The molecule has 0 radical (unpaired) electrons. The fraction of sp³-hybridized carbons (Fsp3) is 0.353. The molecule has 1 fully saturated rings.